The molecular weight excluding hydrogens is 318 g/mol. The molecule has 25 heavy (non-hydrogen) atoms. The molecular formula is C20H27NO4. The van der Waals surface area contributed by atoms with Crippen molar-refractivity contribution in [2.24, 2.45) is 0 Å². The number of hydrogen-bond acceptors (Lipinski definition) is 5. The molecule has 136 valence electrons. The highest BCUT2D eigenvalue weighted by Gasteiger charge is 2.16. The van der Waals surface area contributed by atoms with Crippen molar-refractivity contribution in [3.05, 3.63) is 53.6 Å². The Morgan fingerprint density at radius 1 is 1.04 bits per heavy atom. The second-order valence-corrected chi connectivity index (χ2v) is 6.04. The topological polar surface area (TPSA) is 71.0 Å². The lowest BCUT2D eigenvalue weighted by Crippen LogP contribution is -2.33. The number of aliphatic hydroxyl groups is 1. The monoisotopic (exact) mass is 345 g/mol. The molecule has 2 aromatic rings. The zero-order chi connectivity index (χ0) is 18.2. The van der Waals surface area contributed by atoms with E-state index in [-0.39, 0.29) is 11.8 Å². The van der Waals surface area contributed by atoms with Crippen LogP contribution in [0.1, 0.15) is 30.6 Å². The third-order valence-corrected chi connectivity index (χ3v) is 4.28. The first-order chi connectivity index (χ1) is 12.1. The predicted octanol–water partition coefficient (Wildman–Crippen LogP) is 3.05. The van der Waals surface area contributed by atoms with Crippen LogP contribution in [0.15, 0.2) is 42.5 Å². The average Bonchev–Trinajstić information content (AvgIpc) is 2.64. The van der Waals surface area contributed by atoms with E-state index in [2.05, 4.69) is 5.32 Å². The lowest BCUT2D eigenvalue weighted by atomic mass is 10.0. The van der Waals surface area contributed by atoms with Gasteiger partial charge in [0.05, 0.1) is 20.3 Å². The fourth-order valence-corrected chi connectivity index (χ4v) is 2.83. The third kappa shape index (κ3) is 5.11. The molecule has 0 fully saturated rings. The molecule has 0 aliphatic heterocycles. The van der Waals surface area contributed by atoms with Crippen LogP contribution in [0.25, 0.3) is 0 Å². The number of methoxy groups -OCH3 is 2. The molecule has 2 rings (SSSR count). The number of aryl methyl sites for hydroxylation is 1. The van der Waals surface area contributed by atoms with E-state index >= 15 is 0 Å². The van der Waals surface area contributed by atoms with Crippen molar-refractivity contribution in [3.63, 3.8) is 0 Å². The van der Waals surface area contributed by atoms with Gasteiger partial charge in [-0.15, -0.1) is 0 Å². The average molecular weight is 345 g/mol. The summed E-state index contributed by atoms with van der Waals surface area (Å²) in [6.45, 7) is 2.72. The molecule has 2 aromatic carbocycles. The van der Waals surface area contributed by atoms with Gasteiger partial charge in [-0.1, -0.05) is 24.3 Å². The van der Waals surface area contributed by atoms with E-state index in [1.165, 1.54) is 0 Å². The number of para-hydroxylation sites is 1. The van der Waals surface area contributed by atoms with E-state index < -0.39 is 6.10 Å². The Balaban J connectivity index is 1.83. The van der Waals surface area contributed by atoms with Gasteiger partial charge in [0, 0.05) is 6.04 Å². The number of benzene rings is 2. The largest absolute Gasteiger partial charge is 0.508 e. The Kier molecular flexibility index (Phi) is 7.10. The van der Waals surface area contributed by atoms with Crippen LogP contribution in [-0.2, 0) is 6.42 Å². The highest BCUT2D eigenvalue weighted by molar-refractivity contribution is 5.46. The number of rotatable bonds is 9. The van der Waals surface area contributed by atoms with Crippen LogP contribution >= 0.6 is 0 Å². The van der Waals surface area contributed by atoms with Crippen LogP contribution in [0.2, 0.25) is 0 Å². The summed E-state index contributed by atoms with van der Waals surface area (Å²) in [5.41, 5.74) is 1.89. The minimum Gasteiger partial charge on any atom is -0.508 e. The standard InChI is InChI=1S/C20H27NO4/c1-14(19(23)15-9-11-17(22)12-10-15)21-13-5-7-16-6-4-8-18(24-2)20(16)25-3/h4,6,8-12,14,19,21-23H,5,7,13H2,1-3H3. The number of aromatic hydroxyl groups is 1. The van der Waals surface area contributed by atoms with Crippen molar-refractivity contribution in [1.29, 1.82) is 0 Å². The predicted molar refractivity (Wildman–Crippen MR) is 98.4 cm³/mol. The number of ether oxygens (including phenoxy) is 2. The normalized spacial score (nSPS) is 13.3. The van der Waals surface area contributed by atoms with Crippen LogP contribution < -0.4 is 14.8 Å². The van der Waals surface area contributed by atoms with Gasteiger partial charge in [-0.2, -0.15) is 0 Å². The third-order valence-electron chi connectivity index (χ3n) is 4.28. The zero-order valence-corrected chi connectivity index (χ0v) is 15.0. The molecule has 0 heterocycles. The van der Waals surface area contributed by atoms with Gasteiger partial charge in [0.25, 0.3) is 0 Å². The van der Waals surface area contributed by atoms with Gasteiger partial charge >= 0.3 is 0 Å². The maximum Gasteiger partial charge on any atom is 0.163 e. The lowest BCUT2D eigenvalue weighted by molar-refractivity contribution is 0.136. The second kappa shape index (κ2) is 9.30. The summed E-state index contributed by atoms with van der Waals surface area (Å²) in [5, 5.41) is 23.0. The Bertz CT molecular complexity index is 657. The first kappa shape index (κ1) is 19.1. The zero-order valence-electron chi connectivity index (χ0n) is 15.0. The smallest absolute Gasteiger partial charge is 0.163 e. The first-order valence-electron chi connectivity index (χ1n) is 8.47. The summed E-state index contributed by atoms with van der Waals surface area (Å²) in [6, 6.07) is 12.4. The molecule has 0 aliphatic rings. The second-order valence-electron chi connectivity index (χ2n) is 6.04. The Labute approximate surface area is 149 Å². The summed E-state index contributed by atoms with van der Waals surface area (Å²) in [4.78, 5) is 0. The lowest BCUT2D eigenvalue weighted by Gasteiger charge is -2.21. The van der Waals surface area contributed by atoms with Gasteiger partial charge in [-0.25, -0.2) is 0 Å². The molecule has 5 heteroatoms. The van der Waals surface area contributed by atoms with Crippen molar-refractivity contribution >= 4 is 0 Å². The molecule has 5 nitrogen and oxygen atoms in total. The summed E-state index contributed by atoms with van der Waals surface area (Å²) in [5.74, 6) is 1.72. The molecule has 2 unspecified atom stereocenters. The number of phenolic OH excluding ortho intramolecular Hbond substituents is 1. The van der Waals surface area contributed by atoms with Gasteiger partial charge in [0.2, 0.25) is 0 Å². The number of phenols is 1. The van der Waals surface area contributed by atoms with Crippen molar-refractivity contribution in [2.75, 3.05) is 20.8 Å². The van der Waals surface area contributed by atoms with Crippen LogP contribution in [0.5, 0.6) is 17.2 Å². The van der Waals surface area contributed by atoms with Crippen LogP contribution in [0.4, 0.5) is 0 Å². The van der Waals surface area contributed by atoms with Crippen LogP contribution in [0, 0.1) is 0 Å². The minimum atomic E-state index is -0.619. The van der Waals surface area contributed by atoms with E-state index in [0.717, 1.165) is 42.0 Å². The Hall–Kier alpha value is -2.24. The van der Waals surface area contributed by atoms with E-state index in [0.29, 0.717) is 0 Å². The highest BCUT2D eigenvalue weighted by atomic mass is 16.5. The maximum atomic E-state index is 10.4. The van der Waals surface area contributed by atoms with E-state index in [1.54, 1.807) is 38.5 Å². The van der Waals surface area contributed by atoms with E-state index in [1.807, 2.05) is 25.1 Å². The Morgan fingerprint density at radius 2 is 1.76 bits per heavy atom. The number of hydrogen-bond donors (Lipinski definition) is 3. The molecule has 0 bridgehead atoms. The van der Waals surface area contributed by atoms with Crippen molar-refractivity contribution in [1.82, 2.24) is 5.32 Å². The van der Waals surface area contributed by atoms with E-state index in [4.69, 9.17) is 9.47 Å². The fraction of sp³-hybridized carbons (Fsp3) is 0.400. The van der Waals surface area contributed by atoms with Crippen molar-refractivity contribution < 1.29 is 19.7 Å². The summed E-state index contributed by atoms with van der Waals surface area (Å²) in [7, 11) is 3.28. The number of nitrogens with one attached hydrogen (secondary N) is 1. The molecule has 0 saturated carbocycles. The molecule has 3 N–H and O–H groups in total. The molecule has 2 atom stereocenters. The summed E-state index contributed by atoms with van der Waals surface area (Å²) < 4.78 is 10.8. The molecule has 0 saturated heterocycles. The maximum absolute atomic E-state index is 10.4. The molecule has 0 aromatic heterocycles. The summed E-state index contributed by atoms with van der Waals surface area (Å²) in [6.07, 6.45) is 1.15. The Morgan fingerprint density at radius 3 is 2.40 bits per heavy atom. The SMILES string of the molecule is COc1cccc(CCCNC(C)C(O)c2ccc(O)cc2)c1OC. The molecule has 0 amide bonds. The van der Waals surface area contributed by atoms with Gasteiger partial charge in [-0.05, 0) is 55.6 Å². The van der Waals surface area contributed by atoms with Gasteiger partial charge < -0.3 is 25.0 Å². The first-order valence-corrected chi connectivity index (χ1v) is 8.47. The van der Waals surface area contributed by atoms with E-state index in [9.17, 15) is 10.2 Å². The van der Waals surface area contributed by atoms with Crippen molar-refractivity contribution in [3.8, 4) is 17.2 Å². The highest BCUT2D eigenvalue weighted by Crippen LogP contribution is 2.31. The van der Waals surface area contributed by atoms with Crippen LogP contribution in [-0.4, -0.2) is 37.0 Å². The van der Waals surface area contributed by atoms with Crippen molar-refractivity contribution in [2.45, 2.75) is 31.9 Å². The number of aliphatic hydroxyl groups excluding tert-OH is 1. The molecule has 0 spiro atoms. The molecule has 0 aliphatic carbocycles. The quantitative estimate of drug-likeness (QED) is 0.609. The van der Waals surface area contributed by atoms with Gasteiger partial charge in [0.1, 0.15) is 5.75 Å². The molecule has 0 radical (unpaired) electrons. The van der Waals surface area contributed by atoms with Crippen LogP contribution in [0.3, 0.4) is 0 Å². The minimum absolute atomic E-state index is 0.0863. The summed E-state index contributed by atoms with van der Waals surface area (Å²) >= 11 is 0. The van der Waals surface area contributed by atoms with Gasteiger partial charge in [0.15, 0.2) is 11.5 Å². The fourth-order valence-electron chi connectivity index (χ4n) is 2.83. The van der Waals surface area contributed by atoms with Gasteiger partial charge in [-0.3, -0.25) is 0 Å².